The number of ether oxygens (including phenoxy) is 2. The van der Waals surface area contributed by atoms with E-state index < -0.39 is 27.9 Å². The van der Waals surface area contributed by atoms with Crippen LogP contribution in [-0.2, 0) is 21.3 Å². The van der Waals surface area contributed by atoms with E-state index in [2.05, 4.69) is 14.8 Å². The van der Waals surface area contributed by atoms with Crippen LogP contribution < -0.4 is 9.46 Å². The number of aryl methyl sites for hydroxylation is 2. The number of aliphatic hydroxyl groups is 1. The summed E-state index contributed by atoms with van der Waals surface area (Å²) in [5.74, 6) is -1.10. The average molecular weight is 701 g/mol. The fraction of sp³-hybridized carbons (Fsp3) is 0.514. The van der Waals surface area contributed by atoms with Gasteiger partial charge in [0.1, 0.15) is 11.4 Å². The number of hydrogen-bond acceptors (Lipinski definition) is 10. The standard InChI is InChI=1S/C35H48N4O9S/c1-22-18-39(23(2)21-40)34(41)30-17-29(37-49(44,45)33-25(4)36-48-26(33)5)14-15-31(30)47-24(3)9-7-8-16-46-32(22)20-38(6)19-27-10-12-28(13-11-27)35(42)43/h10-15,17,22-24,32,37,40H,7-9,16,18-21H2,1-6H3,(H,42,43)/t22-,23-,24-,32+/m0/s1. The highest BCUT2D eigenvalue weighted by atomic mass is 32.2. The van der Waals surface area contributed by atoms with Crippen LogP contribution in [0.5, 0.6) is 5.75 Å². The molecule has 1 aliphatic rings. The number of fused-ring (bicyclic) bond motifs is 1. The molecule has 0 unspecified atom stereocenters. The van der Waals surface area contributed by atoms with Crippen LogP contribution in [0.4, 0.5) is 5.69 Å². The van der Waals surface area contributed by atoms with Crippen molar-refractivity contribution >= 4 is 27.6 Å². The van der Waals surface area contributed by atoms with Crippen molar-refractivity contribution in [2.45, 2.75) is 83.6 Å². The van der Waals surface area contributed by atoms with Crippen LogP contribution in [0, 0.1) is 19.8 Å². The molecule has 1 amide bonds. The molecule has 0 saturated carbocycles. The summed E-state index contributed by atoms with van der Waals surface area (Å²) in [4.78, 5) is 29.3. The first-order chi connectivity index (χ1) is 23.2. The molecular weight excluding hydrogens is 652 g/mol. The maximum absolute atomic E-state index is 14.4. The number of nitrogens with one attached hydrogen (secondary N) is 1. The van der Waals surface area contributed by atoms with E-state index in [1.54, 1.807) is 48.2 Å². The number of aromatic nitrogens is 1. The normalized spacial score (nSPS) is 20.3. The van der Waals surface area contributed by atoms with E-state index in [-0.39, 0.29) is 64.4 Å². The molecule has 4 rings (SSSR count). The van der Waals surface area contributed by atoms with Crippen LogP contribution >= 0.6 is 0 Å². The van der Waals surface area contributed by atoms with E-state index >= 15 is 0 Å². The molecule has 0 aliphatic carbocycles. The Bertz CT molecular complexity index is 1670. The van der Waals surface area contributed by atoms with E-state index in [0.29, 0.717) is 31.9 Å². The molecule has 49 heavy (non-hydrogen) atoms. The quantitative estimate of drug-likeness (QED) is 0.267. The average Bonchev–Trinajstić information content (AvgIpc) is 3.40. The number of sulfonamides is 1. The number of rotatable bonds is 10. The van der Waals surface area contributed by atoms with Crippen molar-refractivity contribution in [2.24, 2.45) is 5.92 Å². The van der Waals surface area contributed by atoms with Gasteiger partial charge in [0.2, 0.25) is 0 Å². The molecular formula is C35H48N4O9S. The highest BCUT2D eigenvalue weighted by Crippen LogP contribution is 2.30. The Morgan fingerprint density at radius 2 is 1.86 bits per heavy atom. The second-order valence-electron chi connectivity index (χ2n) is 13.0. The summed E-state index contributed by atoms with van der Waals surface area (Å²) in [6.07, 6.45) is 1.84. The van der Waals surface area contributed by atoms with Gasteiger partial charge >= 0.3 is 5.97 Å². The molecule has 3 aromatic rings. The van der Waals surface area contributed by atoms with E-state index in [1.807, 2.05) is 20.9 Å². The van der Waals surface area contributed by atoms with Gasteiger partial charge in [-0.15, -0.1) is 0 Å². The molecule has 2 heterocycles. The monoisotopic (exact) mass is 700 g/mol. The first kappa shape index (κ1) is 37.8. The molecule has 0 fully saturated rings. The summed E-state index contributed by atoms with van der Waals surface area (Å²) in [7, 11) is -2.12. The summed E-state index contributed by atoms with van der Waals surface area (Å²) in [6, 6.07) is 10.8. The van der Waals surface area contributed by atoms with Gasteiger partial charge in [-0.05, 0) is 89.9 Å². The van der Waals surface area contributed by atoms with Crippen molar-refractivity contribution in [2.75, 3.05) is 38.1 Å². The maximum Gasteiger partial charge on any atom is 0.335 e. The van der Waals surface area contributed by atoms with Crippen LogP contribution in [0.2, 0.25) is 0 Å². The minimum absolute atomic E-state index is 0.0681. The zero-order chi connectivity index (χ0) is 35.9. The Balaban J connectivity index is 1.63. The third-order valence-electron chi connectivity index (χ3n) is 8.69. The number of benzene rings is 2. The first-order valence-corrected chi connectivity index (χ1v) is 18.0. The molecule has 14 heteroatoms. The predicted octanol–water partition coefficient (Wildman–Crippen LogP) is 4.72. The van der Waals surface area contributed by atoms with Gasteiger partial charge < -0.3 is 29.1 Å². The van der Waals surface area contributed by atoms with E-state index in [9.17, 15) is 28.2 Å². The minimum atomic E-state index is -4.09. The molecule has 4 atom stereocenters. The topological polar surface area (TPSA) is 172 Å². The molecule has 13 nitrogen and oxygen atoms in total. The predicted molar refractivity (Wildman–Crippen MR) is 183 cm³/mol. The van der Waals surface area contributed by atoms with Crippen LogP contribution in [0.15, 0.2) is 51.9 Å². The van der Waals surface area contributed by atoms with Gasteiger partial charge in [-0.25, -0.2) is 13.2 Å². The van der Waals surface area contributed by atoms with Gasteiger partial charge in [0, 0.05) is 37.8 Å². The molecule has 0 spiro atoms. The van der Waals surface area contributed by atoms with Crippen molar-refractivity contribution in [3.05, 3.63) is 70.6 Å². The van der Waals surface area contributed by atoms with Gasteiger partial charge in [-0.1, -0.05) is 24.2 Å². The largest absolute Gasteiger partial charge is 0.490 e. The highest BCUT2D eigenvalue weighted by molar-refractivity contribution is 7.92. The molecule has 0 bridgehead atoms. The van der Waals surface area contributed by atoms with Gasteiger partial charge in [0.15, 0.2) is 10.7 Å². The van der Waals surface area contributed by atoms with Gasteiger partial charge in [-0.2, -0.15) is 0 Å². The summed E-state index contributed by atoms with van der Waals surface area (Å²) in [5, 5.41) is 23.2. The Hall–Kier alpha value is -3.98. The first-order valence-electron chi connectivity index (χ1n) is 16.5. The second-order valence-corrected chi connectivity index (χ2v) is 14.6. The SMILES string of the molecule is Cc1noc(C)c1S(=O)(=O)Nc1ccc2c(c1)C(=O)N([C@@H](C)CO)C[C@H](C)[C@@H](CN(C)Cc1ccc(C(=O)O)cc1)OCCCC[C@H](C)O2. The highest BCUT2D eigenvalue weighted by Gasteiger charge is 2.31. The van der Waals surface area contributed by atoms with Crippen LogP contribution in [0.1, 0.15) is 77.8 Å². The number of amides is 1. The molecule has 3 N–H and O–H groups in total. The third-order valence-corrected chi connectivity index (χ3v) is 10.3. The summed E-state index contributed by atoms with van der Waals surface area (Å²) >= 11 is 0. The fourth-order valence-corrected chi connectivity index (χ4v) is 7.33. The lowest BCUT2D eigenvalue weighted by Crippen LogP contribution is -2.47. The zero-order valence-corrected chi connectivity index (χ0v) is 29.8. The van der Waals surface area contributed by atoms with Gasteiger partial charge in [-0.3, -0.25) is 14.4 Å². The van der Waals surface area contributed by atoms with E-state index in [4.69, 9.17) is 14.0 Å². The Morgan fingerprint density at radius 3 is 2.49 bits per heavy atom. The number of carbonyl (C=O) groups is 2. The Morgan fingerprint density at radius 1 is 1.14 bits per heavy atom. The van der Waals surface area contributed by atoms with Crippen molar-refractivity contribution in [3.63, 3.8) is 0 Å². The van der Waals surface area contributed by atoms with Crippen LogP contribution in [0.25, 0.3) is 0 Å². The maximum atomic E-state index is 14.4. The van der Waals surface area contributed by atoms with Crippen molar-refractivity contribution in [1.82, 2.24) is 15.0 Å². The Kier molecular flexibility index (Phi) is 12.8. The number of aliphatic hydroxyl groups excluding tert-OH is 1. The van der Waals surface area contributed by atoms with Gasteiger partial charge in [0.25, 0.3) is 15.9 Å². The summed E-state index contributed by atoms with van der Waals surface area (Å²) < 4.78 is 46.9. The number of aromatic carboxylic acids is 1. The minimum Gasteiger partial charge on any atom is -0.490 e. The number of carboxylic acids is 1. The number of anilines is 1. The van der Waals surface area contributed by atoms with Crippen LogP contribution in [0.3, 0.4) is 0 Å². The summed E-state index contributed by atoms with van der Waals surface area (Å²) in [6.45, 7) is 10.3. The Labute approximate surface area is 288 Å². The molecule has 0 saturated heterocycles. The lowest BCUT2D eigenvalue weighted by atomic mass is 10.0. The number of nitrogens with zero attached hydrogens (tertiary/aromatic N) is 3. The summed E-state index contributed by atoms with van der Waals surface area (Å²) in [5.41, 5.74) is 1.72. The fourth-order valence-electron chi connectivity index (χ4n) is 5.95. The third kappa shape index (κ3) is 9.81. The van der Waals surface area contributed by atoms with Crippen molar-refractivity contribution in [3.8, 4) is 5.75 Å². The van der Waals surface area contributed by atoms with Crippen LogP contribution in [-0.4, -0.2) is 97.1 Å². The zero-order valence-electron chi connectivity index (χ0n) is 29.0. The lowest BCUT2D eigenvalue weighted by molar-refractivity contribution is -0.0177. The number of hydrogen-bond donors (Lipinski definition) is 3. The molecule has 2 aromatic carbocycles. The lowest BCUT2D eigenvalue weighted by Gasteiger charge is -2.36. The molecule has 268 valence electrons. The molecule has 1 aliphatic heterocycles. The van der Waals surface area contributed by atoms with Crippen molar-refractivity contribution in [1.29, 1.82) is 0 Å². The van der Waals surface area contributed by atoms with Gasteiger partial charge in [0.05, 0.1) is 36.0 Å². The smallest absolute Gasteiger partial charge is 0.335 e. The molecule has 1 aromatic heterocycles. The number of carbonyl (C=O) groups excluding carboxylic acids is 1. The van der Waals surface area contributed by atoms with E-state index in [1.165, 1.54) is 19.9 Å². The second kappa shape index (κ2) is 16.6. The molecule has 0 radical (unpaired) electrons. The van der Waals surface area contributed by atoms with Crippen molar-refractivity contribution < 1.29 is 42.2 Å². The number of likely N-dealkylation sites (N-methyl/N-ethyl adjacent to an activating group) is 1. The number of carboxylic acid groups (broad SMARTS) is 1. The van der Waals surface area contributed by atoms with E-state index in [0.717, 1.165) is 18.4 Å².